The van der Waals surface area contributed by atoms with Gasteiger partial charge < -0.3 is 10.6 Å². The summed E-state index contributed by atoms with van der Waals surface area (Å²) in [6.45, 7) is 3.74. The quantitative estimate of drug-likeness (QED) is 0.774. The van der Waals surface area contributed by atoms with Gasteiger partial charge in [0.25, 0.3) is 0 Å². The molecule has 0 unspecified atom stereocenters. The van der Waals surface area contributed by atoms with Crippen molar-refractivity contribution in [2.24, 2.45) is 0 Å². The molecular weight excluding hydrogens is 224 g/mol. The maximum Gasteiger partial charge on any atom is 0.132 e. The monoisotopic (exact) mass is 240 g/mol. The number of hydrogen-bond acceptors (Lipinski definition) is 4. The number of rotatable bonds is 1. The molecule has 1 aliphatic heterocycles. The van der Waals surface area contributed by atoms with Crippen molar-refractivity contribution in [3.63, 3.8) is 0 Å². The molecule has 4 heteroatoms. The van der Waals surface area contributed by atoms with E-state index in [1.807, 2.05) is 31.3 Å². The van der Waals surface area contributed by atoms with E-state index in [0.29, 0.717) is 0 Å². The van der Waals surface area contributed by atoms with Gasteiger partial charge in [-0.3, -0.25) is 0 Å². The minimum atomic E-state index is 0.811. The number of fused-ring (bicyclic) bond motifs is 1. The van der Waals surface area contributed by atoms with Crippen LogP contribution in [0.1, 0.15) is 17.0 Å². The molecule has 2 heterocycles. The average Bonchev–Trinajstić information content (AvgIpc) is 2.39. The van der Waals surface area contributed by atoms with Crippen molar-refractivity contribution in [2.45, 2.75) is 19.9 Å². The molecule has 0 saturated heterocycles. The van der Waals surface area contributed by atoms with E-state index in [9.17, 15) is 0 Å². The lowest BCUT2D eigenvalue weighted by Crippen LogP contribution is -2.31. The summed E-state index contributed by atoms with van der Waals surface area (Å²) in [5.41, 5.74) is 9.51. The number of nitrogens with two attached hydrogens (primary N) is 1. The standard InChI is InChI=1S/C14H16N4/c1-10-16-7-5-14(17-10)18-8-6-12-11(9-18)3-2-4-13(12)15/h2-5,7H,6,8-9,15H2,1H3. The second kappa shape index (κ2) is 4.29. The van der Waals surface area contributed by atoms with Gasteiger partial charge in [0.15, 0.2) is 0 Å². The SMILES string of the molecule is Cc1nccc(N2CCc3c(N)cccc3C2)n1. The molecule has 2 N–H and O–H groups in total. The highest BCUT2D eigenvalue weighted by molar-refractivity contribution is 5.55. The van der Waals surface area contributed by atoms with Crippen molar-refractivity contribution in [1.29, 1.82) is 0 Å². The Hall–Kier alpha value is -2.10. The van der Waals surface area contributed by atoms with Crippen LogP contribution < -0.4 is 10.6 Å². The largest absolute Gasteiger partial charge is 0.398 e. The summed E-state index contributed by atoms with van der Waals surface area (Å²) in [6, 6.07) is 8.10. The highest BCUT2D eigenvalue weighted by Crippen LogP contribution is 2.26. The molecule has 0 aliphatic carbocycles. The number of anilines is 2. The van der Waals surface area contributed by atoms with E-state index in [2.05, 4.69) is 20.9 Å². The highest BCUT2D eigenvalue weighted by Gasteiger charge is 2.18. The first-order valence-corrected chi connectivity index (χ1v) is 6.15. The molecule has 0 atom stereocenters. The van der Waals surface area contributed by atoms with E-state index in [1.165, 1.54) is 11.1 Å². The van der Waals surface area contributed by atoms with Crippen LogP contribution in [0.2, 0.25) is 0 Å². The second-order valence-electron chi connectivity index (χ2n) is 4.62. The van der Waals surface area contributed by atoms with Crippen LogP contribution in [0.15, 0.2) is 30.5 Å². The van der Waals surface area contributed by atoms with Crippen LogP contribution in [-0.4, -0.2) is 16.5 Å². The molecule has 1 aliphatic rings. The number of benzene rings is 1. The van der Waals surface area contributed by atoms with Gasteiger partial charge in [-0.2, -0.15) is 0 Å². The van der Waals surface area contributed by atoms with E-state index in [1.54, 1.807) is 0 Å². The Bertz CT molecular complexity index is 580. The predicted octanol–water partition coefficient (Wildman–Crippen LogP) is 1.93. The normalized spacial score (nSPS) is 14.4. The van der Waals surface area contributed by atoms with Crippen molar-refractivity contribution in [3.05, 3.63) is 47.4 Å². The van der Waals surface area contributed by atoms with Gasteiger partial charge >= 0.3 is 0 Å². The smallest absolute Gasteiger partial charge is 0.132 e. The van der Waals surface area contributed by atoms with Crippen LogP contribution in [0.3, 0.4) is 0 Å². The van der Waals surface area contributed by atoms with E-state index < -0.39 is 0 Å². The van der Waals surface area contributed by atoms with E-state index in [0.717, 1.165) is 36.8 Å². The van der Waals surface area contributed by atoms with Crippen LogP contribution >= 0.6 is 0 Å². The zero-order chi connectivity index (χ0) is 12.5. The fraction of sp³-hybridized carbons (Fsp3) is 0.286. The van der Waals surface area contributed by atoms with Crippen LogP contribution in [0.25, 0.3) is 0 Å². The van der Waals surface area contributed by atoms with Gasteiger partial charge in [0.05, 0.1) is 0 Å². The maximum atomic E-state index is 6.01. The first kappa shape index (κ1) is 11.0. The van der Waals surface area contributed by atoms with Crippen molar-refractivity contribution in [3.8, 4) is 0 Å². The van der Waals surface area contributed by atoms with Gasteiger partial charge in [0.1, 0.15) is 11.6 Å². The van der Waals surface area contributed by atoms with E-state index >= 15 is 0 Å². The van der Waals surface area contributed by atoms with E-state index in [4.69, 9.17) is 5.73 Å². The number of hydrogen-bond donors (Lipinski definition) is 1. The van der Waals surface area contributed by atoms with Crippen molar-refractivity contribution < 1.29 is 0 Å². The Balaban J connectivity index is 1.91. The van der Waals surface area contributed by atoms with Gasteiger partial charge in [0, 0.05) is 25.0 Å². The molecule has 0 bridgehead atoms. The van der Waals surface area contributed by atoms with E-state index in [-0.39, 0.29) is 0 Å². The zero-order valence-corrected chi connectivity index (χ0v) is 10.4. The maximum absolute atomic E-state index is 6.01. The fourth-order valence-corrected chi connectivity index (χ4v) is 2.45. The summed E-state index contributed by atoms with van der Waals surface area (Å²) in [7, 11) is 0. The Morgan fingerprint density at radius 2 is 2.17 bits per heavy atom. The van der Waals surface area contributed by atoms with Gasteiger partial charge in [-0.25, -0.2) is 9.97 Å². The molecule has 0 spiro atoms. The second-order valence-corrected chi connectivity index (χ2v) is 4.62. The van der Waals surface area contributed by atoms with Gasteiger partial charge in [-0.05, 0) is 36.6 Å². The van der Waals surface area contributed by atoms with Gasteiger partial charge in [-0.15, -0.1) is 0 Å². The van der Waals surface area contributed by atoms with Gasteiger partial charge in [0.2, 0.25) is 0 Å². The minimum Gasteiger partial charge on any atom is -0.398 e. The summed E-state index contributed by atoms with van der Waals surface area (Å²) in [5.74, 6) is 1.81. The van der Waals surface area contributed by atoms with Crippen LogP contribution in [0.5, 0.6) is 0 Å². The summed E-state index contributed by atoms with van der Waals surface area (Å²) in [4.78, 5) is 10.9. The number of nitrogens with zero attached hydrogens (tertiary/aromatic N) is 3. The summed E-state index contributed by atoms with van der Waals surface area (Å²) >= 11 is 0. The third-order valence-corrected chi connectivity index (χ3v) is 3.39. The molecule has 0 saturated carbocycles. The third-order valence-electron chi connectivity index (χ3n) is 3.39. The number of aryl methyl sites for hydroxylation is 1. The lowest BCUT2D eigenvalue weighted by atomic mass is 9.98. The topological polar surface area (TPSA) is 55.0 Å². The summed E-state index contributed by atoms with van der Waals surface area (Å²) < 4.78 is 0. The number of nitrogen functional groups attached to an aromatic ring is 1. The third kappa shape index (κ3) is 1.90. The molecule has 92 valence electrons. The highest BCUT2D eigenvalue weighted by atomic mass is 15.2. The van der Waals surface area contributed by atoms with Crippen molar-refractivity contribution in [2.75, 3.05) is 17.2 Å². The predicted molar refractivity (Wildman–Crippen MR) is 72.4 cm³/mol. The van der Waals surface area contributed by atoms with Crippen LogP contribution in [-0.2, 0) is 13.0 Å². The molecule has 0 radical (unpaired) electrons. The average molecular weight is 240 g/mol. The van der Waals surface area contributed by atoms with Gasteiger partial charge in [-0.1, -0.05) is 12.1 Å². The first-order chi connectivity index (χ1) is 8.74. The van der Waals surface area contributed by atoms with Crippen LogP contribution in [0, 0.1) is 6.92 Å². The lowest BCUT2D eigenvalue weighted by Gasteiger charge is -2.30. The Labute approximate surface area is 106 Å². The zero-order valence-electron chi connectivity index (χ0n) is 10.4. The van der Waals surface area contributed by atoms with Crippen LogP contribution in [0.4, 0.5) is 11.5 Å². The molecule has 1 aromatic carbocycles. The first-order valence-electron chi connectivity index (χ1n) is 6.15. The van der Waals surface area contributed by atoms with Crippen molar-refractivity contribution >= 4 is 11.5 Å². The molecule has 3 rings (SSSR count). The Morgan fingerprint density at radius 1 is 1.28 bits per heavy atom. The molecule has 18 heavy (non-hydrogen) atoms. The lowest BCUT2D eigenvalue weighted by molar-refractivity contribution is 0.718. The Kier molecular flexibility index (Phi) is 2.63. The molecular formula is C14H16N4. The molecule has 0 fully saturated rings. The fourth-order valence-electron chi connectivity index (χ4n) is 2.45. The summed E-state index contributed by atoms with van der Waals surface area (Å²) in [6.07, 6.45) is 2.79. The minimum absolute atomic E-state index is 0.811. The molecule has 0 amide bonds. The summed E-state index contributed by atoms with van der Waals surface area (Å²) in [5, 5.41) is 0. The molecule has 1 aromatic heterocycles. The number of aromatic nitrogens is 2. The van der Waals surface area contributed by atoms with Crippen molar-refractivity contribution in [1.82, 2.24) is 9.97 Å². The molecule has 2 aromatic rings. The Morgan fingerprint density at radius 3 is 3.00 bits per heavy atom. The molecule has 4 nitrogen and oxygen atoms in total.